The molecule has 0 spiro atoms. The van der Waals surface area contributed by atoms with Gasteiger partial charge in [-0.3, -0.25) is 4.79 Å². The fourth-order valence-corrected chi connectivity index (χ4v) is 1.75. The Balaban J connectivity index is 2.05. The molecular weight excluding hydrogens is 269 g/mol. The second-order valence-corrected chi connectivity index (χ2v) is 4.82. The molecular formula is C16H18FN3O. The lowest BCUT2D eigenvalue weighted by Crippen LogP contribution is -2.16. The molecule has 0 saturated carbocycles. The molecule has 2 rings (SSSR count). The van der Waals surface area contributed by atoms with Gasteiger partial charge >= 0.3 is 0 Å². The van der Waals surface area contributed by atoms with Crippen LogP contribution in [0, 0.1) is 5.82 Å². The fraction of sp³-hybridized carbons (Fsp3) is 0.250. The molecule has 0 aliphatic heterocycles. The van der Waals surface area contributed by atoms with Gasteiger partial charge < -0.3 is 10.6 Å². The van der Waals surface area contributed by atoms with Crippen LogP contribution in [0.2, 0.25) is 0 Å². The van der Waals surface area contributed by atoms with Gasteiger partial charge in [-0.25, -0.2) is 9.37 Å². The van der Waals surface area contributed by atoms with E-state index in [-0.39, 0.29) is 11.4 Å². The van der Waals surface area contributed by atoms with Crippen LogP contribution in [0.4, 0.5) is 15.8 Å². The zero-order valence-corrected chi connectivity index (χ0v) is 12.1. The van der Waals surface area contributed by atoms with E-state index in [4.69, 9.17) is 0 Å². The minimum atomic E-state index is -0.471. The van der Waals surface area contributed by atoms with Crippen molar-refractivity contribution in [3.63, 3.8) is 0 Å². The smallest absolute Gasteiger partial charge is 0.274 e. The van der Waals surface area contributed by atoms with Gasteiger partial charge in [0.15, 0.2) is 0 Å². The molecule has 110 valence electrons. The average molecular weight is 287 g/mol. The number of amides is 1. The van der Waals surface area contributed by atoms with Gasteiger partial charge in [0, 0.05) is 6.04 Å². The summed E-state index contributed by atoms with van der Waals surface area (Å²) in [4.78, 5) is 16.1. The third-order valence-corrected chi connectivity index (χ3v) is 3.14. The molecule has 0 saturated heterocycles. The second kappa shape index (κ2) is 6.83. The molecule has 0 fully saturated rings. The number of pyridine rings is 1. The Hall–Kier alpha value is -2.43. The number of nitrogens with one attached hydrogen (secondary N) is 2. The minimum Gasteiger partial charge on any atom is -0.381 e. The molecule has 0 aliphatic rings. The predicted octanol–water partition coefficient (Wildman–Crippen LogP) is 3.68. The second-order valence-electron chi connectivity index (χ2n) is 4.82. The Labute approximate surface area is 123 Å². The highest BCUT2D eigenvalue weighted by atomic mass is 19.1. The van der Waals surface area contributed by atoms with E-state index in [2.05, 4.69) is 29.5 Å². The first kappa shape index (κ1) is 15.0. The third-order valence-electron chi connectivity index (χ3n) is 3.14. The Kier molecular flexibility index (Phi) is 4.87. The van der Waals surface area contributed by atoms with E-state index in [1.807, 2.05) is 0 Å². The standard InChI is InChI=1S/C16H18FN3O/c1-3-11(2)19-12-8-9-15(18-10-12)16(21)20-14-7-5-4-6-13(14)17/h4-11,19H,3H2,1-2H3,(H,20,21). The van der Waals surface area contributed by atoms with Gasteiger partial charge in [0.2, 0.25) is 0 Å². The molecule has 1 amide bonds. The highest BCUT2D eigenvalue weighted by Crippen LogP contribution is 2.14. The van der Waals surface area contributed by atoms with Crippen LogP contribution in [-0.4, -0.2) is 16.9 Å². The summed E-state index contributed by atoms with van der Waals surface area (Å²) < 4.78 is 13.5. The first-order valence-electron chi connectivity index (χ1n) is 6.88. The molecule has 1 aromatic heterocycles. The number of halogens is 1. The summed E-state index contributed by atoms with van der Waals surface area (Å²) in [7, 11) is 0. The SMILES string of the molecule is CCC(C)Nc1ccc(C(=O)Nc2ccccc2F)nc1. The summed E-state index contributed by atoms with van der Waals surface area (Å²) in [5.74, 6) is -0.906. The number of benzene rings is 1. The van der Waals surface area contributed by atoms with Crippen molar-refractivity contribution in [2.45, 2.75) is 26.3 Å². The van der Waals surface area contributed by atoms with E-state index in [1.165, 1.54) is 12.1 Å². The van der Waals surface area contributed by atoms with Gasteiger partial charge in [-0.05, 0) is 37.6 Å². The summed E-state index contributed by atoms with van der Waals surface area (Å²) >= 11 is 0. The molecule has 1 aromatic carbocycles. The zero-order valence-electron chi connectivity index (χ0n) is 12.1. The van der Waals surface area contributed by atoms with E-state index in [0.717, 1.165) is 12.1 Å². The summed E-state index contributed by atoms with van der Waals surface area (Å²) in [5.41, 5.74) is 1.24. The summed E-state index contributed by atoms with van der Waals surface area (Å²) in [6.45, 7) is 4.15. The lowest BCUT2D eigenvalue weighted by atomic mass is 10.2. The van der Waals surface area contributed by atoms with Gasteiger partial charge in [-0.15, -0.1) is 0 Å². The molecule has 0 radical (unpaired) electrons. The van der Waals surface area contributed by atoms with Crippen molar-refractivity contribution < 1.29 is 9.18 Å². The van der Waals surface area contributed by atoms with Crippen LogP contribution in [0.3, 0.4) is 0 Å². The zero-order chi connectivity index (χ0) is 15.2. The number of nitrogens with zero attached hydrogens (tertiary/aromatic N) is 1. The number of hydrogen-bond donors (Lipinski definition) is 2. The van der Waals surface area contributed by atoms with Crippen molar-refractivity contribution in [3.8, 4) is 0 Å². The molecule has 2 N–H and O–H groups in total. The Morgan fingerprint density at radius 3 is 2.67 bits per heavy atom. The molecule has 0 aliphatic carbocycles. The molecule has 1 unspecified atom stereocenters. The molecule has 0 bridgehead atoms. The van der Waals surface area contributed by atoms with E-state index >= 15 is 0 Å². The van der Waals surface area contributed by atoms with Crippen molar-refractivity contribution in [2.24, 2.45) is 0 Å². The molecule has 2 aromatic rings. The van der Waals surface area contributed by atoms with Crippen molar-refractivity contribution >= 4 is 17.3 Å². The van der Waals surface area contributed by atoms with Crippen LogP contribution in [0.25, 0.3) is 0 Å². The van der Waals surface area contributed by atoms with Crippen LogP contribution < -0.4 is 10.6 Å². The fourth-order valence-electron chi connectivity index (χ4n) is 1.75. The summed E-state index contributed by atoms with van der Waals surface area (Å²) in [6, 6.07) is 9.76. The first-order valence-corrected chi connectivity index (χ1v) is 6.88. The quantitative estimate of drug-likeness (QED) is 0.882. The van der Waals surface area contributed by atoms with Gasteiger partial charge in [0.05, 0.1) is 17.6 Å². The maximum absolute atomic E-state index is 13.5. The Morgan fingerprint density at radius 1 is 1.29 bits per heavy atom. The number of anilines is 2. The van der Waals surface area contributed by atoms with Gasteiger partial charge in [-0.1, -0.05) is 19.1 Å². The van der Waals surface area contributed by atoms with Crippen molar-refractivity contribution in [1.29, 1.82) is 0 Å². The van der Waals surface area contributed by atoms with Crippen LogP contribution in [0.5, 0.6) is 0 Å². The average Bonchev–Trinajstić information content (AvgIpc) is 2.50. The van der Waals surface area contributed by atoms with Crippen molar-refractivity contribution in [3.05, 3.63) is 54.1 Å². The summed E-state index contributed by atoms with van der Waals surface area (Å²) in [6.07, 6.45) is 2.60. The minimum absolute atomic E-state index is 0.145. The molecule has 21 heavy (non-hydrogen) atoms. The molecule has 4 nitrogen and oxygen atoms in total. The van der Waals surface area contributed by atoms with E-state index < -0.39 is 11.7 Å². The Bertz CT molecular complexity index is 613. The van der Waals surface area contributed by atoms with E-state index in [0.29, 0.717) is 6.04 Å². The lowest BCUT2D eigenvalue weighted by molar-refractivity contribution is 0.102. The van der Waals surface area contributed by atoms with Crippen LogP contribution in [-0.2, 0) is 0 Å². The van der Waals surface area contributed by atoms with Crippen molar-refractivity contribution in [1.82, 2.24) is 4.98 Å². The Morgan fingerprint density at radius 2 is 2.05 bits per heavy atom. The summed E-state index contributed by atoms with van der Waals surface area (Å²) in [5, 5.41) is 5.76. The van der Waals surface area contributed by atoms with Gasteiger partial charge in [0.1, 0.15) is 11.5 Å². The number of rotatable bonds is 5. The molecule has 1 heterocycles. The first-order chi connectivity index (χ1) is 10.1. The van der Waals surface area contributed by atoms with E-state index in [9.17, 15) is 9.18 Å². The van der Waals surface area contributed by atoms with Gasteiger partial charge in [0.25, 0.3) is 5.91 Å². The maximum Gasteiger partial charge on any atom is 0.274 e. The lowest BCUT2D eigenvalue weighted by Gasteiger charge is -2.12. The highest BCUT2D eigenvalue weighted by molar-refractivity contribution is 6.03. The topological polar surface area (TPSA) is 54.0 Å². The van der Waals surface area contributed by atoms with Crippen molar-refractivity contribution in [2.75, 3.05) is 10.6 Å². The van der Waals surface area contributed by atoms with E-state index in [1.54, 1.807) is 30.5 Å². The normalized spacial score (nSPS) is 11.8. The van der Waals surface area contributed by atoms with Crippen LogP contribution in [0.1, 0.15) is 30.8 Å². The number of carbonyl (C=O) groups excluding carboxylic acids is 1. The monoisotopic (exact) mass is 287 g/mol. The predicted molar refractivity (Wildman–Crippen MR) is 82.0 cm³/mol. The number of hydrogen-bond acceptors (Lipinski definition) is 3. The maximum atomic E-state index is 13.5. The number of para-hydroxylation sites is 1. The number of aromatic nitrogens is 1. The molecule has 5 heteroatoms. The number of carbonyl (C=O) groups is 1. The van der Waals surface area contributed by atoms with Gasteiger partial charge in [-0.2, -0.15) is 0 Å². The van der Waals surface area contributed by atoms with Crippen LogP contribution >= 0.6 is 0 Å². The van der Waals surface area contributed by atoms with Crippen LogP contribution in [0.15, 0.2) is 42.6 Å². The highest BCUT2D eigenvalue weighted by Gasteiger charge is 2.10. The molecule has 1 atom stereocenters. The largest absolute Gasteiger partial charge is 0.381 e. The third kappa shape index (κ3) is 4.02.